The van der Waals surface area contributed by atoms with Gasteiger partial charge in [-0.05, 0) is 41.8 Å². The van der Waals surface area contributed by atoms with Crippen LogP contribution >= 0.6 is 15.9 Å². The van der Waals surface area contributed by atoms with E-state index < -0.39 is 0 Å². The number of hydrogen-bond acceptors (Lipinski definition) is 4. The molecule has 0 aromatic heterocycles. The molecule has 2 atom stereocenters. The lowest BCUT2D eigenvalue weighted by atomic mass is 9.86. The quantitative estimate of drug-likeness (QED) is 0.665. The number of nitrogens with zero attached hydrogens (tertiary/aromatic N) is 1. The van der Waals surface area contributed by atoms with Gasteiger partial charge in [-0.2, -0.15) is 0 Å². The zero-order valence-corrected chi connectivity index (χ0v) is 16.7. The molecule has 0 N–H and O–H groups in total. The number of benzene rings is 2. The fourth-order valence-electron chi connectivity index (χ4n) is 4.04. The third-order valence-corrected chi connectivity index (χ3v) is 6.05. The summed E-state index contributed by atoms with van der Waals surface area (Å²) in [5.41, 5.74) is 3.27. The van der Waals surface area contributed by atoms with Gasteiger partial charge in [-0.1, -0.05) is 34.1 Å². The molecule has 27 heavy (non-hydrogen) atoms. The second kappa shape index (κ2) is 8.00. The SMILES string of the molecule is COc1cccc(C2C(c3ccc(Br)c(C4OCCO4)c3)CCN2C=O)c1. The molecular formula is C21H22BrNO4. The highest BCUT2D eigenvalue weighted by atomic mass is 79.9. The predicted octanol–water partition coefficient (Wildman–Crippen LogP) is 4.19. The van der Waals surface area contributed by atoms with E-state index in [0.717, 1.165) is 40.7 Å². The molecule has 0 bridgehead atoms. The number of hydrogen-bond donors (Lipinski definition) is 0. The maximum atomic E-state index is 11.7. The first-order valence-corrected chi connectivity index (χ1v) is 9.88. The van der Waals surface area contributed by atoms with Crippen LogP contribution in [0.2, 0.25) is 0 Å². The fourth-order valence-corrected chi connectivity index (χ4v) is 4.48. The Hall–Kier alpha value is -1.89. The Labute approximate surface area is 167 Å². The van der Waals surface area contributed by atoms with E-state index >= 15 is 0 Å². The standard InChI is InChI=1S/C21H22BrNO4/c1-25-16-4-2-3-15(11-16)20-17(7-8-23(20)13-24)14-5-6-19(22)18(12-14)21-26-9-10-27-21/h2-6,11-13,17,20-21H,7-10H2,1H3. The monoisotopic (exact) mass is 431 g/mol. The second-order valence-corrected chi connectivity index (χ2v) is 7.67. The maximum absolute atomic E-state index is 11.7. The molecule has 2 aliphatic rings. The highest BCUT2D eigenvalue weighted by Crippen LogP contribution is 2.45. The number of methoxy groups -OCH3 is 1. The lowest BCUT2D eigenvalue weighted by molar-refractivity contribution is -0.119. The average molecular weight is 432 g/mol. The summed E-state index contributed by atoms with van der Waals surface area (Å²) in [4.78, 5) is 13.6. The van der Waals surface area contributed by atoms with Crippen LogP contribution in [0, 0.1) is 0 Å². The van der Waals surface area contributed by atoms with Gasteiger partial charge < -0.3 is 19.1 Å². The third kappa shape index (κ3) is 3.61. The van der Waals surface area contributed by atoms with Crippen molar-refractivity contribution in [3.8, 4) is 5.75 Å². The van der Waals surface area contributed by atoms with Gasteiger partial charge in [-0.25, -0.2) is 0 Å². The Bertz CT molecular complexity index is 822. The van der Waals surface area contributed by atoms with Crippen LogP contribution in [0.15, 0.2) is 46.9 Å². The molecular weight excluding hydrogens is 410 g/mol. The first-order valence-electron chi connectivity index (χ1n) is 9.09. The second-order valence-electron chi connectivity index (χ2n) is 6.81. The van der Waals surface area contributed by atoms with Gasteiger partial charge in [0.05, 0.1) is 26.4 Å². The van der Waals surface area contributed by atoms with Crippen LogP contribution in [0.25, 0.3) is 0 Å². The van der Waals surface area contributed by atoms with Gasteiger partial charge >= 0.3 is 0 Å². The van der Waals surface area contributed by atoms with E-state index in [1.165, 1.54) is 5.56 Å². The molecule has 2 aromatic rings. The molecule has 5 nitrogen and oxygen atoms in total. The van der Waals surface area contributed by atoms with Crippen molar-refractivity contribution in [1.29, 1.82) is 0 Å². The number of amides is 1. The Morgan fingerprint density at radius 2 is 1.96 bits per heavy atom. The minimum absolute atomic E-state index is 0.0166. The van der Waals surface area contributed by atoms with Crippen molar-refractivity contribution in [2.75, 3.05) is 26.9 Å². The van der Waals surface area contributed by atoms with E-state index in [-0.39, 0.29) is 18.2 Å². The molecule has 0 saturated carbocycles. The average Bonchev–Trinajstić information content (AvgIpc) is 3.38. The van der Waals surface area contributed by atoms with Crippen LogP contribution in [-0.4, -0.2) is 38.2 Å². The molecule has 0 spiro atoms. The molecule has 2 saturated heterocycles. The van der Waals surface area contributed by atoms with E-state index in [1.54, 1.807) is 7.11 Å². The zero-order valence-electron chi connectivity index (χ0n) is 15.1. The molecule has 2 aliphatic heterocycles. The van der Waals surface area contributed by atoms with Crippen LogP contribution in [0.3, 0.4) is 0 Å². The van der Waals surface area contributed by atoms with Gasteiger partial charge in [-0.15, -0.1) is 0 Å². The van der Waals surface area contributed by atoms with Crippen LogP contribution in [0.4, 0.5) is 0 Å². The van der Waals surface area contributed by atoms with Crippen molar-refractivity contribution in [3.63, 3.8) is 0 Å². The summed E-state index contributed by atoms with van der Waals surface area (Å²) in [5.74, 6) is 1.00. The maximum Gasteiger partial charge on any atom is 0.210 e. The number of ether oxygens (including phenoxy) is 3. The largest absolute Gasteiger partial charge is 0.497 e. The highest BCUT2D eigenvalue weighted by Gasteiger charge is 2.36. The zero-order chi connectivity index (χ0) is 18.8. The molecule has 0 radical (unpaired) electrons. The van der Waals surface area contributed by atoms with Crippen molar-refractivity contribution in [1.82, 2.24) is 4.90 Å². The normalized spacial score (nSPS) is 23.0. The summed E-state index contributed by atoms with van der Waals surface area (Å²) in [6.07, 6.45) is 1.53. The van der Waals surface area contributed by atoms with Crippen molar-refractivity contribution in [2.45, 2.75) is 24.7 Å². The third-order valence-electron chi connectivity index (χ3n) is 5.33. The number of rotatable bonds is 5. The minimum atomic E-state index is -0.335. The van der Waals surface area contributed by atoms with Gasteiger partial charge in [0.2, 0.25) is 6.41 Å². The van der Waals surface area contributed by atoms with E-state index in [0.29, 0.717) is 13.2 Å². The minimum Gasteiger partial charge on any atom is -0.497 e. The number of carbonyl (C=O) groups is 1. The smallest absolute Gasteiger partial charge is 0.210 e. The first kappa shape index (κ1) is 18.5. The van der Waals surface area contributed by atoms with Crippen molar-refractivity contribution in [3.05, 3.63) is 63.6 Å². The number of halogens is 1. The Morgan fingerprint density at radius 1 is 1.15 bits per heavy atom. The Balaban J connectivity index is 1.71. The van der Waals surface area contributed by atoms with Crippen molar-refractivity contribution in [2.24, 2.45) is 0 Å². The highest BCUT2D eigenvalue weighted by molar-refractivity contribution is 9.10. The molecule has 2 aromatic carbocycles. The topological polar surface area (TPSA) is 48.0 Å². The first-order chi connectivity index (χ1) is 13.2. The van der Waals surface area contributed by atoms with Crippen molar-refractivity contribution >= 4 is 22.3 Å². The summed E-state index contributed by atoms with van der Waals surface area (Å²) in [7, 11) is 1.66. The van der Waals surface area contributed by atoms with Gasteiger partial charge in [0, 0.05) is 22.5 Å². The summed E-state index contributed by atoms with van der Waals surface area (Å²) in [5, 5.41) is 0. The summed E-state index contributed by atoms with van der Waals surface area (Å²) >= 11 is 3.61. The Kier molecular flexibility index (Phi) is 5.48. The van der Waals surface area contributed by atoms with Gasteiger partial charge in [0.15, 0.2) is 6.29 Å². The van der Waals surface area contributed by atoms with Gasteiger partial charge in [0.25, 0.3) is 0 Å². The number of carbonyl (C=O) groups excluding carboxylic acids is 1. The summed E-state index contributed by atoms with van der Waals surface area (Å²) in [6.45, 7) is 1.95. The van der Waals surface area contributed by atoms with E-state index in [1.807, 2.05) is 29.2 Å². The molecule has 0 aliphatic carbocycles. The molecule has 6 heteroatoms. The van der Waals surface area contributed by atoms with E-state index in [2.05, 4.69) is 34.1 Å². The molecule has 2 fully saturated rings. The predicted molar refractivity (Wildman–Crippen MR) is 105 cm³/mol. The summed E-state index contributed by atoms with van der Waals surface area (Å²) < 4.78 is 17.7. The van der Waals surface area contributed by atoms with Crippen molar-refractivity contribution < 1.29 is 19.0 Å². The van der Waals surface area contributed by atoms with Crippen LogP contribution in [0.5, 0.6) is 5.75 Å². The lowest BCUT2D eigenvalue weighted by Crippen LogP contribution is -2.23. The number of likely N-dealkylation sites (tertiary alicyclic amines) is 1. The molecule has 142 valence electrons. The van der Waals surface area contributed by atoms with Crippen LogP contribution in [0.1, 0.15) is 41.4 Å². The Morgan fingerprint density at radius 3 is 2.70 bits per heavy atom. The van der Waals surface area contributed by atoms with Gasteiger partial charge in [0.1, 0.15) is 5.75 Å². The van der Waals surface area contributed by atoms with Crippen LogP contribution in [-0.2, 0) is 14.3 Å². The lowest BCUT2D eigenvalue weighted by Gasteiger charge is -2.27. The summed E-state index contributed by atoms with van der Waals surface area (Å²) in [6, 6.07) is 14.3. The fraction of sp³-hybridized carbons (Fsp3) is 0.381. The molecule has 2 heterocycles. The van der Waals surface area contributed by atoms with Crippen LogP contribution < -0.4 is 4.74 Å². The van der Waals surface area contributed by atoms with Gasteiger partial charge in [-0.3, -0.25) is 4.79 Å². The molecule has 4 rings (SSSR count). The molecule has 2 unspecified atom stereocenters. The molecule has 1 amide bonds. The van der Waals surface area contributed by atoms with E-state index in [4.69, 9.17) is 14.2 Å². The van der Waals surface area contributed by atoms with E-state index in [9.17, 15) is 4.79 Å².